The number of rotatable bonds is 2. The van der Waals surface area contributed by atoms with Crippen LogP contribution >= 0.6 is 15.9 Å². The van der Waals surface area contributed by atoms with Crippen LogP contribution in [0.15, 0.2) is 22.7 Å². The van der Waals surface area contributed by atoms with E-state index in [9.17, 15) is 9.59 Å². The van der Waals surface area contributed by atoms with E-state index < -0.39 is 5.60 Å². The molecule has 132 valence electrons. The molecule has 1 aliphatic rings. The zero-order valence-corrected chi connectivity index (χ0v) is 16.3. The first kappa shape index (κ1) is 18.8. The first-order valence-electron chi connectivity index (χ1n) is 8.21. The lowest BCUT2D eigenvalue weighted by Crippen LogP contribution is -2.43. The molecule has 0 aromatic heterocycles. The first-order valence-corrected chi connectivity index (χ1v) is 9.00. The highest BCUT2D eigenvalue weighted by molar-refractivity contribution is 9.10. The van der Waals surface area contributed by atoms with Crippen LogP contribution in [-0.4, -0.2) is 35.6 Å². The summed E-state index contributed by atoms with van der Waals surface area (Å²) in [5, 5.41) is 3.00. The fraction of sp³-hybridized carbons (Fsp3) is 0.556. The normalized spacial score (nSPS) is 16.0. The van der Waals surface area contributed by atoms with Crippen LogP contribution in [0.5, 0.6) is 0 Å². The first-order chi connectivity index (χ1) is 11.2. The summed E-state index contributed by atoms with van der Waals surface area (Å²) in [7, 11) is 0. The maximum Gasteiger partial charge on any atom is 0.410 e. The smallest absolute Gasteiger partial charge is 0.410 e. The second-order valence-corrected chi connectivity index (χ2v) is 8.00. The van der Waals surface area contributed by atoms with Gasteiger partial charge in [0.2, 0.25) is 5.91 Å². The van der Waals surface area contributed by atoms with Gasteiger partial charge in [-0.1, -0.05) is 22.0 Å². The minimum absolute atomic E-state index is 0.0139. The Morgan fingerprint density at radius 2 is 1.88 bits per heavy atom. The zero-order chi connectivity index (χ0) is 17.9. The summed E-state index contributed by atoms with van der Waals surface area (Å²) in [6.45, 7) is 8.61. The molecule has 5 nitrogen and oxygen atoms in total. The maximum absolute atomic E-state index is 12.5. The van der Waals surface area contributed by atoms with Crippen LogP contribution < -0.4 is 5.32 Å². The van der Waals surface area contributed by atoms with Crippen LogP contribution in [0.4, 0.5) is 10.5 Å². The Bertz CT molecular complexity index is 617. The number of amides is 2. The number of benzene rings is 1. The highest BCUT2D eigenvalue weighted by atomic mass is 79.9. The van der Waals surface area contributed by atoms with Gasteiger partial charge in [-0.15, -0.1) is 0 Å². The number of halogens is 1. The Morgan fingerprint density at radius 3 is 2.46 bits per heavy atom. The quantitative estimate of drug-likeness (QED) is 0.808. The van der Waals surface area contributed by atoms with Gasteiger partial charge in [0, 0.05) is 29.2 Å². The molecule has 1 aromatic carbocycles. The molecule has 1 N–H and O–H groups in total. The molecule has 1 fully saturated rings. The van der Waals surface area contributed by atoms with Gasteiger partial charge in [0.1, 0.15) is 5.60 Å². The summed E-state index contributed by atoms with van der Waals surface area (Å²) in [4.78, 5) is 26.2. The van der Waals surface area contributed by atoms with Crippen LogP contribution in [0.3, 0.4) is 0 Å². The number of carbonyl (C=O) groups excluding carboxylic acids is 2. The lowest BCUT2D eigenvalue weighted by atomic mass is 9.96. The van der Waals surface area contributed by atoms with Crippen LogP contribution in [0, 0.1) is 12.8 Å². The molecule has 0 bridgehead atoms. The maximum atomic E-state index is 12.5. The van der Waals surface area contributed by atoms with Crippen LogP contribution in [0.25, 0.3) is 0 Å². The highest BCUT2D eigenvalue weighted by Crippen LogP contribution is 2.26. The average molecular weight is 397 g/mol. The molecule has 0 unspecified atom stereocenters. The Balaban J connectivity index is 1.89. The van der Waals surface area contributed by atoms with Crippen molar-refractivity contribution in [2.24, 2.45) is 5.92 Å². The number of nitrogens with one attached hydrogen (secondary N) is 1. The van der Waals surface area contributed by atoms with Gasteiger partial charge in [-0.05, 0) is 58.2 Å². The van der Waals surface area contributed by atoms with Gasteiger partial charge in [-0.25, -0.2) is 4.79 Å². The molecule has 1 saturated heterocycles. The van der Waals surface area contributed by atoms with Gasteiger partial charge in [0.25, 0.3) is 0 Å². The van der Waals surface area contributed by atoms with E-state index in [1.807, 2.05) is 45.9 Å². The molecule has 0 radical (unpaired) electrons. The summed E-state index contributed by atoms with van der Waals surface area (Å²) in [5.41, 5.74) is 1.34. The average Bonchev–Trinajstić information content (AvgIpc) is 2.50. The van der Waals surface area contributed by atoms with Crippen molar-refractivity contribution in [2.75, 3.05) is 18.4 Å². The molecule has 0 spiro atoms. The molecule has 24 heavy (non-hydrogen) atoms. The van der Waals surface area contributed by atoms with Crippen molar-refractivity contribution in [3.8, 4) is 0 Å². The lowest BCUT2D eigenvalue weighted by molar-refractivity contribution is -0.121. The fourth-order valence-electron chi connectivity index (χ4n) is 2.63. The highest BCUT2D eigenvalue weighted by Gasteiger charge is 2.30. The van der Waals surface area contributed by atoms with Crippen molar-refractivity contribution in [1.29, 1.82) is 0 Å². The number of likely N-dealkylation sites (tertiary alicyclic amines) is 1. The Kier molecular flexibility index (Phi) is 5.91. The standard InChI is InChI=1S/C18H25BrN2O3/c1-12-14(19)6-5-7-15(12)20-16(22)13-8-10-21(11-9-13)17(23)24-18(2,3)4/h5-7,13H,8-11H2,1-4H3,(H,20,22). The number of ether oxygens (including phenoxy) is 1. The number of nitrogens with zero attached hydrogens (tertiary/aromatic N) is 1. The summed E-state index contributed by atoms with van der Waals surface area (Å²) in [6, 6.07) is 5.75. The van der Waals surface area contributed by atoms with Gasteiger partial charge in [-0.2, -0.15) is 0 Å². The summed E-state index contributed by atoms with van der Waals surface area (Å²) < 4.78 is 6.35. The van der Waals surface area contributed by atoms with E-state index in [4.69, 9.17) is 4.74 Å². The number of piperidine rings is 1. The van der Waals surface area contributed by atoms with Crippen molar-refractivity contribution < 1.29 is 14.3 Å². The minimum atomic E-state index is -0.496. The second-order valence-electron chi connectivity index (χ2n) is 7.14. The molecule has 0 saturated carbocycles. The Labute approximate surface area is 151 Å². The number of carbonyl (C=O) groups is 2. The topological polar surface area (TPSA) is 58.6 Å². The molecule has 2 amide bonds. The third-order valence-electron chi connectivity index (χ3n) is 4.04. The van der Waals surface area contributed by atoms with Crippen LogP contribution in [0.1, 0.15) is 39.2 Å². The van der Waals surface area contributed by atoms with E-state index in [2.05, 4.69) is 21.2 Å². The third kappa shape index (κ3) is 4.97. The van der Waals surface area contributed by atoms with Crippen LogP contribution in [-0.2, 0) is 9.53 Å². The van der Waals surface area contributed by atoms with E-state index in [-0.39, 0.29) is 17.9 Å². The van der Waals surface area contributed by atoms with Crippen molar-refractivity contribution in [1.82, 2.24) is 4.90 Å². The molecule has 6 heteroatoms. The van der Waals surface area contributed by atoms with E-state index in [1.54, 1.807) is 4.90 Å². The van der Waals surface area contributed by atoms with E-state index in [0.29, 0.717) is 25.9 Å². The second kappa shape index (κ2) is 7.55. The molecule has 0 aliphatic carbocycles. The van der Waals surface area contributed by atoms with E-state index in [1.165, 1.54) is 0 Å². The van der Waals surface area contributed by atoms with Gasteiger partial charge in [-0.3, -0.25) is 4.79 Å². The van der Waals surface area contributed by atoms with Crippen molar-refractivity contribution in [2.45, 2.75) is 46.1 Å². The molecular weight excluding hydrogens is 372 g/mol. The molecule has 1 aromatic rings. The SMILES string of the molecule is Cc1c(Br)cccc1NC(=O)C1CCN(C(=O)OC(C)(C)C)CC1. The molecule has 1 aliphatic heterocycles. The Hall–Kier alpha value is -1.56. The van der Waals surface area contributed by atoms with E-state index in [0.717, 1.165) is 15.7 Å². The van der Waals surface area contributed by atoms with Gasteiger partial charge < -0.3 is 15.0 Å². The van der Waals surface area contributed by atoms with Crippen molar-refractivity contribution >= 4 is 33.6 Å². The van der Waals surface area contributed by atoms with Crippen molar-refractivity contribution in [3.63, 3.8) is 0 Å². The molecule has 0 atom stereocenters. The summed E-state index contributed by atoms with van der Waals surface area (Å²) in [6.07, 6.45) is 1.00. The van der Waals surface area contributed by atoms with E-state index >= 15 is 0 Å². The predicted octanol–water partition coefficient (Wildman–Crippen LogP) is 4.34. The molecule has 1 heterocycles. The fourth-order valence-corrected chi connectivity index (χ4v) is 2.99. The largest absolute Gasteiger partial charge is 0.444 e. The van der Waals surface area contributed by atoms with Gasteiger partial charge >= 0.3 is 6.09 Å². The third-order valence-corrected chi connectivity index (χ3v) is 4.90. The zero-order valence-electron chi connectivity index (χ0n) is 14.7. The van der Waals surface area contributed by atoms with Gasteiger partial charge in [0.15, 0.2) is 0 Å². The number of hydrogen-bond donors (Lipinski definition) is 1. The number of hydrogen-bond acceptors (Lipinski definition) is 3. The Morgan fingerprint density at radius 1 is 1.25 bits per heavy atom. The molecule has 2 rings (SSSR count). The van der Waals surface area contributed by atoms with Crippen molar-refractivity contribution in [3.05, 3.63) is 28.2 Å². The molecular formula is C18H25BrN2O3. The monoisotopic (exact) mass is 396 g/mol. The minimum Gasteiger partial charge on any atom is -0.444 e. The number of anilines is 1. The predicted molar refractivity (Wildman–Crippen MR) is 98.0 cm³/mol. The lowest BCUT2D eigenvalue weighted by Gasteiger charge is -2.33. The summed E-state index contributed by atoms with van der Waals surface area (Å²) in [5.74, 6) is -0.0675. The van der Waals surface area contributed by atoms with Crippen LogP contribution in [0.2, 0.25) is 0 Å². The summed E-state index contributed by atoms with van der Waals surface area (Å²) >= 11 is 3.47. The van der Waals surface area contributed by atoms with Gasteiger partial charge in [0.05, 0.1) is 0 Å².